The Morgan fingerprint density at radius 2 is 1.92 bits per heavy atom. The molecule has 1 heterocycles. The van der Waals surface area contributed by atoms with Gasteiger partial charge in [-0.25, -0.2) is 9.78 Å². The fourth-order valence-corrected chi connectivity index (χ4v) is 4.50. The number of benzene rings is 2. The summed E-state index contributed by atoms with van der Waals surface area (Å²) in [6.45, 7) is 1.96. The summed E-state index contributed by atoms with van der Waals surface area (Å²) in [4.78, 5) is 27.9. The molecule has 0 aliphatic rings. The van der Waals surface area contributed by atoms with E-state index in [2.05, 4.69) is 10.3 Å². The van der Waals surface area contributed by atoms with Gasteiger partial charge in [-0.15, -0.1) is 11.3 Å². The van der Waals surface area contributed by atoms with E-state index in [0.717, 1.165) is 14.6 Å². The number of anilines is 1. The summed E-state index contributed by atoms with van der Waals surface area (Å²) in [6.07, 6.45) is 0.666. The van der Waals surface area contributed by atoms with Gasteiger partial charge in [-0.2, -0.15) is 0 Å². The average Bonchev–Trinajstić information content (AvgIpc) is 3.02. The number of rotatable bonds is 6. The normalized spacial score (nSPS) is 12.0. The van der Waals surface area contributed by atoms with Crippen LogP contribution < -0.4 is 5.32 Å². The lowest BCUT2D eigenvalue weighted by Gasteiger charge is -2.13. The Morgan fingerprint density at radius 3 is 2.56 bits per heavy atom. The second kappa shape index (κ2) is 7.67. The number of nitrogens with one attached hydrogen (secondary N) is 1. The molecule has 1 amide bonds. The molecule has 0 aliphatic heterocycles. The van der Waals surface area contributed by atoms with Gasteiger partial charge in [-0.3, -0.25) is 4.79 Å². The number of carboxylic acids is 1. The molecule has 0 saturated heterocycles. The summed E-state index contributed by atoms with van der Waals surface area (Å²) in [5, 5.41) is 11.5. The first kappa shape index (κ1) is 17.4. The van der Waals surface area contributed by atoms with E-state index in [1.807, 2.05) is 31.2 Å². The summed E-state index contributed by atoms with van der Waals surface area (Å²) in [6, 6.07) is 14.0. The van der Waals surface area contributed by atoms with Gasteiger partial charge >= 0.3 is 5.97 Å². The van der Waals surface area contributed by atoms with Gasteiger partial charge in [0.15, 0.2) is 4.34 Å². The van der Waals surface area contributed by atoms with Crippen LogP contribution in [0.15, 0.2) is 52.9 Å². The molecule has 0 fully saturated rings. The molecular weight excluding hydrogens is 356 g/mol. The molecule has 25 heavy (non-hydrogen) atoms. The molecular formula is C18H16N2O3S2. The first-order valence-corrected chi connectivity index (χ1v) is 9.43. The first-order valence-electron chi connectivity index (χ1n) is 7.73. The molecule has 1 aromatic heterocycles. The lowest BCUT2D eigenvalue weighted by molar-refractivity contribution is -0.115. The van der Waals surface area contributed by atoms with Crippen molar-refractivity contribution in [3.8, 4) is 0 Å². The summed E-state index contributed by atoms with van der Waals surface area (Å²) in [5.74, 6) is -1.11. The van der Waals surface area contributed by atoms with E-state index >= 15 is 0 Å². The number of aromatic nitrogens is 1. The predicted molar refractivity (Wildman–Crippen MR) is 102 cm³/mol. The molecule has 0 radical (unpaired) electrons. The number of carboxylic acid groups (broad SMARTS) is 1. The van der Waals surface area contributed by atoms with Crippen LogP contribution in [0.3, 0.4) is 0 Å². The highest BCUT2D eigenvalue weighted by atomic mass is 32.2. The van der Waals surface area contributed by atoms with Gasteiger partial charge in [0.2, 0.25) is 5.91 Å². The zero-order chi connectivity index (χ0) is 17.8. The second-order valence-corrected chi connectivity index (χ2v) is 7.81. The fraction of sp³-hybridized carbons (Fsp3) is 0.167. The Bertz CT molecular complexity index is 873. The largest absolute Gasteiger partial charge is 0.478 e. The Kier molecular flexibility index (Phi) is 5.35. The number of amides is 1. The maximum atomic E-state index is 12.5. The lowest BCUT2D eigenvalue weighted by atomic mass is 10.2. The number of fused-ring (bicyclic) bond motifs is 1. The molecule has 0 aliphatic carbocycles. The average molecular weight is 372 g/mol. The maximum absolute atomic E-state index is 12.5. The van der Waals surface area contributed by atoms with Crippen molar-refractivity contribution in [3.63, 3.8) is 0 Å². The van der Waals surface area contributed by atoms with Gasteiger partial charge in [0, 0.05) is 5.69 Å². The van der Waals surface area contributed by atoms with Crippen LogP contribution in [0.4, 0.5) is 5.69 Å². The number of thiazole rings is 1. The number of aromatic carboxylic acids is 1. The first-order chi connectivity index (χ1) is 12.1. The highest BCUT2D eigenvalue weighted by Gasteiger charge is 2.20. The third kappa shape index (κ3) is 4.18. The smallest absolute Gasteiger partial charge is 0.335 e. The monoisotopic (exact) mass is 372 g/mol. The molecule has 0 spiro atoms. The van der Waals surface area contributed by atoms with E-state index in [1.54, 1.807) is 23.5 Å². The van der Waals surface area contributed by atoms with Crippen molar-refractivity contribution in [2.45, 2.75) is 22.9 Å². The summed E-state index contributed by atoms with van der Waals surface area (Å²) in [5.41, 5.74) is 1.71. The van der Waals surface area contributed by atoms with Crippen LogP contribution >= 0.6 is 23.1 Å². The zero-order valence-corrected chi connectivity index (χ0v) is 15.1. The summed E-state index contributed by atoms with van der Waals surface area (Å²) < 4.78 is 1.97. The van der Waals surface area contributed by atoms with Crippen molar-refractivity contribution in [1.82, 2.24) is 4.98 Å². The maximum Gasteiger partial charge on any atom is 0.335 e. The molecule has 2 N–H and O–H groups in total. The van der Waals surface area contributed by atoms with Gasteiger partial charge in [0.25, 0.3) is 0 Å². The SMILES string of the molecule is CCC(Sc1nc2ccccc2s1)C(=O)Nc1ccc(C(=O)O)cc1. The molecule has 3 aromatic rings. The minimum Gasteiger partial charge on any atom is -0.478 e. The molecule has 2 aromatic carbocycles. The number of carbonyl (C=O) groups is 2. The molecule has 3 rings (SSSR count). The van der Waals surface area contributed by atoms with Gasteiger partial charge in [0.05, 0.1) is 21.0 Å². The van der Waals surface area contributed by atoms with E-state index in [9.17, 15) is 9.59 Å². The molecule has 1 unspecified atom stereocenters. The number of hydrogen-bond acceptors (Lipinski definition) is 5. The van der Waals surface area contributed by atoms with Crippen LogP contribution in [-0.4, -0.2) is 27.2 Å². The lowest BCUT2D eigenvalue weighted by Crippen LogP contribution is -2.24. The van der Waals surface area contributed by atoms with Crippen molar-refractivity contribution in [2.75, 3.05) is 5.32 Å². The van der Waals surface area contributed by atoms with Crippen LogP contribution in [0.25, 0.3) is 10.2 Å². The Balaban J connectivity index is 1.69. The number of thioether (sulfide) groups is 1. The number of nitrogens with zero attached hydrogens (tertiary/aromatic N) is 1. The minimum atomic E-state index is -0.990. The van der Waals surface area contributed by atoms with Crippen molar-refractivity contribution in [2.24, 2.45) is 0 Å². The quantitative estimate of drug-likeness (QED) is 0.623. The number of carbonyl (C=O) groups excluding carboxylic acids is 1. The number of para-hydroxylation sites is 1. The van der Waals surface area contributed by atoms with E-state index in [1.165, 1.54) is 23.9 Å². The number of hydrogen-bond donors (Lipinski definition) is 2. The highest BCUT2D eigenvalue weighted by Crippen LogP contribution is 2.33. The second-order valence-electron chi connectivity index (χ2n) is 5.33. The summed E-state index contributed by atoms with van der Waals surface area (Å²) in [7, 11) is 0. The van der Waals surface area contributed by atoms with Gasteiger partial charge in [-0.1, -0.05) is 30.8 Å². The van der Waals surface area contributed by atoms with Crippen LogP contribution in [0, 0.1) is 0 Å². The molecule has 1 atom stereocenters. The van der Waals surface area contributed by atoms with Crippen LogP contribution in [0.1, 0.15) is 23.7 Å². The Morgan fingerprint density at radius 1 is 1.20 bits per heavy atom. The van der Waals surface area contributed by atoms with E-state index < -0.39 is 5.97 Å². The fourth-order valence-electron chi connectivity index (χ4n) is 2.26. The van der Waals surface area contributed by atoms with Crippen molar-refractivity contribution >= 4 is 50.9 Å². The van der Waals surface area contributed by atoms with Gasteiger partial charge in [-0.05, 0) is 42.8 Å². The van der Waals surface area contributed by atoms with Gasteiger partial charge < -0.3 is 10.4 Å². The minimum absolute atomic E-state index is 0.116. The zero-order valence-electron chi connectivity index (χ0n) is 13.4. The third-order valence-corrected chi connectivity index (χ3v) is 6.07. The van der Waals surface area contributed by atoms with E-state index in [-0.39, 0.29) is 16.7 Å². The van der Waals surface area contributed by atoms with Gasteiger partial charge in [0.1, 0.15) is 0 Å². The molecule has 128 valence electrons. The molecule has 0 bridgehead atoms. The third-order valence-electron chi connectivity index (χ3n) is 3.58. The van der Waals surface area contributed by atoms with E-state index in [4.69, 9.17) is 5.11 Å². The van der Waals surface area contributed by atoms with Crippen molar-refractivity contribution in [1.29, 1.82) is 0 Å². The predicted octanol–water partition coefficient (Wildman–Crippen LogP) is 4.50. The topological polar surface area (TPSA) is 79.3 Å². The Labute approximate surface area is 153 Å². The van der Waals surface area contributed by atoms with Crippen LogP contribution in [0.5, 0.6) is 0 Å². The summed E-state index contributed by atoms with van der Waals surface area (Å²) >= 11 is 3.03. The highest BCUT2D eigenvalue weighted by molar-refractivity contribution is 8.02. The van der Waals surface area contributed by atoms with E-state index in [0.29, 0.717) is 12.1 Å². The molecule has 7 heteroatoms. The Hall–Kier alpha value is -2.38. The van der Waals surface area contributed by atoms with Crippen molar-refractivity contribution < 1.29 is 14.7 Å². The standard InChI is InChI=1S/C18H16N2O3S2/c1-2-14(24-18-20-13-5-3-4-6-15(13)25-18)16(21)19-12-9-7-11(8-10-12)17(22)23/h3-10,14H,2H2,1H3,(H,19,21)(H,22,23). The van der Waals surface area contributed by atoms with Crippen LogP contribution in [-0.2, 0) is 4.79 Å². The van der Waals surface area contributed by atoms with Crippen molar-refractivity contribution in [3.05, 3.63) is 54.1 Å². The van der Waals surface area contributed by atoms with Crippen LogP contribution in [0.2, 0.25) is 0 Å². The molecule has 0 saturated carbocycles. The molecule has 5 nitrogen and oxygen atoms in total.